The van der Waals surface area contributed by atoms with Gasteiger partial charge in [-0.25, -0.2) is 9.18 Å². The minimum absolute atomic E-state index is 0.0186. The second-order valence-electron chi connectivity index (χ2n) is 7.88. The molecule has 4 rings (SSSR count). The maximum absolute atomic E-state index is 14.7. The fourth-order valence-electron chi connectivity index (χ4n) is 3.91. The van der Waals surface area contributed by atoms with Crippen molar-refractivity contribution < 1.29 is 14.0 Å². The number of halogens is 2. The van der Waals surface area contributed by atoms with Crippen molar-refractivity contribution in [2.24, 2.45) is 5.92 Å². The molecule has 3 aromatic rings. The van der Waals surface area contributed by atoms with Gasteiger partial charge >= 0.3 is 6.03 Å². The van der Waals surface area contributed by atoms with Crippen LogP contribution in [0.5, 0.6) is 0 Å². The molecular weight excluding hydrogens is 481 g/mol. The summed E-state index contributed by atoms with van der Waals surface area (Å²) in [5.74, 6) is -0.883. The van der Waals surface area contributed by atoms with Crippen LogP contribution in [0.1, 0.15) is 9.67 Å². The molecule has 3 amide bonds. The molecule has 0 bridgehead atoms. The summed E-state index contributed by atoms with van der Waals surface area (Å²) >= 11 is 7.09. The lowest BCUT2D eigenvalue weighted by Crippen LogP contribution is -2.40. The zero-order valence-electron chi connectivity index (χ0n) is 18.3. The Bertz CT molecular complexity index is 1260. The SMILES string of the molecule is CN[C@H]1CN(C(=O)Nc2ccc(-n3ccccc3=O)cc2F)CC1CNC(=O)c1ccc(Cl)s1. The summed E-state index contributed by atoms with van der Waals surface area (Å²) < 4.78 is 16.5. The van der Waals surface area contributed by atoms with Gasteiger partial charge in [-0.1, -0.05) is 17.7 Å². The van der Waals surface area contributed by atoms with Crippen molar-refractivity contribution in [3.8, 4) is 5.69 Å². The van der Waals surface area contributed by atoms with Gasteiger partial charge in [-0.05, 0) is 37.4 Å². The molecule has 1 fully saturated rings. The fourth-order valence-corrected chi connectivity index (χ4v) is 4.87. The molecule has 11 heteroatoms. The van der Waals surface area contributed by atoms with Gasteiger partial charge in [0.1, 0.15) is 5.82 Å². The maximum Gasteiger partial charge on any atom is 0.321 e. The highest BCUT2D eigenvalue weighted by Crippen LogP contribution is 2.23. The maximum atomic E-state index is 14.7. The quantitative estimate of drug-likeness (QED) is 0.481. The molecule has 1 aliphatic heterocycles. The van der Waals surface area contributed by atoms with Crippen molar-refractivity contribution in [1.82, 2.24) is 20.1 Å². The standard InChI is InChI=1S/C23H23ClFN5O3S/c1-26-18-13-29(12-14(18)11-27-22(32)19-7-8-20(24)34-19)23(33)28-17-6-5-15(10-16(17)25)30-9-3-2-4-21(30)31/h2-10,14,18,26H,11-13H2,1H3,(H,27,32)(H,28,33)/t14?,18-/m0/s1. The third kappa shape index (κ3) is 5.30. The van der Waals surface area contributed by atoms with Crippen LogP contribution in [0.2, 0.25) is 4.34 Å². The van der Waals surface area contributed by atoms with Crippen molar-refractivity contribution >= 4 is 40.6 Å². The number of aromatic nitrogens is 1. The number of benzene rings is 1. The molecule has 3 N–H and O–H groups in total. The van der Waals surface area contributed by atoms with Gasteiger partial charge < -0.3 is 20.9 Å². The van der Waals surface area contributed by atoms with Crippen LogP contribution in [0, 0.1) is 11.7 Å². The van der Waals surface area contributed by atoms with Crippen LogP contribution >= 0.6 is 22.9 Å². The Morgan fingerprint density at radius 2 is 2.00 bits per heavy atom. The van der Waals surface area contributed by atoms with Crippen molar-refractivity contribution in [3.63, 3.8) is 0 Å². The predicted molar refractivity (Wildman–Crippen MR) is 131 cm³/mol. The number of rotatable bonds is 6. The fraction of sp³-hybridized carbons (Fsp3) is 0.261. The summed E-state index contributed by atoms with van der Waals surface area (Å²) in [6.07, 6.45) is 1.55. The van der Waals surface area contributed by atoms with E-state index >= 15 is 0 Å². The van der Waals surface area contributed by atoms with Crippen LogP contribution in [0.15, 0.2) is 59.5 Å². The number of thiophene rings is 1. The molecule has 1 unspecified atom stereocenters. The van der Waals surface area contributed by atoms with E-state index in [-0.39, 0.29) is 29.1 Å². The number of nitrogens with zero attached hydrogens (tertiary/aromatic N) is 2. The molecule has 0 radical (unpaired) electrons. The lowest BCUT2D eigenvalue weighted by Gasteiger charge is -2.18. The molecule has 8 nitrogen and oxygen atoms in total. The van der Waals surface area contributed by atoms with E-state index in [1.54, 1.807) is 48.5 Å². The molecule has 0 saturated carbocycles. The predicted octanol–water partition coefficient (Wildman–Crippen LogP) is 3.17. The summed E-state index contributed by atoms with van der Waals surface area (Å²) in [6, 6.07) is 11.7. The van der Waals surface area contributed by atoms with Gasteiger partial charge in [0.05, 0.1) is 20.6 Å². The Balaban J connectivity index is 1.38. The molecule has 34 heavy (non-hydrogen) atoms. The largest absolute Gasteiger partial charge is 0.351 e. The third-order valence-corrected chi connectivity index (χ3v) is 6.95. The van der Waals surface area contributed by atoms with E-state index in [9.17, 15) is 18.8 Å². The van der Waals surface area contributed by atoms with Gasteiger partial charge in [0.15, 0.2) is 0 Å². The number of anilines is 1. The molecule has 178 valence electrons. The van der Waals surface area contributed by atoms with Crippen LogP contribution in [-0.4, -0.2) is 54.1 Å². The van der Waals surface area contributed by atoms with Gasteiger partial charge in [0, 0.05) is 49.9 Å². The van der Waals surface area contributed by atoms with Gasteiger partial charge in [0.2, 0.25) is 0 Å². The van der Waals surface area contributed by atoms with Crippen LogP contribution in [0.25, 0.3) is 5.69 Å². The van der Waals surface area contributed by atoms with Crippen LogP contribution < -0.4 is 21.5 Å². The molecule has 1 aliphatic rings. The average molecular weight is 504 g/mol. The summed E-state index contributed by atoms with van der Waals surface area (Å²) in [7, 11) is 1.80. The smallest absolute Gasteiger partial charge is 0.321 e. The monoisotopic (exact) mass is 503 g/mol. The first kappa shape index (κ1) is 23.9. The van der Waals surface area contributed by atoms with E-state index in [2.05, 4.69) is 16.0 Å². The van der Waals surface area contributed by atoms with E-state index in [0.29, 0.717) is 34.5 Å². The number of amides is 3. The minimum Gasteiger partial charge on any atom is -0.351 e. The number of hydrogen-bond acceptors (Lipinski definition) is 5. The zero-order chi connectivity index (χ0) is 24.2. The number of likely N-dealkylation sites (tertiary alicyclic amines) is 1. The number of hydrogen-bond donors (Lipinski definition) is 3. The first-order valence-corrected chi connectivity index (χ1v) is 11.8. The lowest BCUT2D eigenvalue weighted by atomic mass is 10.0. The van der Waals surface area contributed by atoms with E-state index < -0.39 is 11.8 Å². The topological polar surface area (TPSA) is 95.5 Å². The summed E-state index contributed by atoms with van der Waals surface area (Å²) in [5.41, 5.74) is 0.0968. The first-order valence-electron chi connectivity index (χ1n) is 10.6. The number of urea groups is 1. The van der Waals surface area contributed by atoms with E-state index in [1.165, 1.54) is 34.1 Å². The number of pyridine rings is 1. The number of carbonyl (C=O) groups is 2. The normalized spacial score (nSPS) is 17.6. The molecule has 0 aliphatic carbocycles. The Morgan fingerprint density at radius 1 is 1.18 bits per heavy atom. The molecule has 1 aromatic carbocycles. The van der Waals surface area contributed by atoms with Crippen LogP contribution in [0.4, 0.5) is 14.9 Å². The molecule has 2 atom stereocenters. The third-order valence-electron chi connectivity index (χ3n) is 5.72. The van der Waals surface area contributed by atoms with Crippen molar-refractivity contribution in [1.29, 1.82) is 0 Å². The summed E-state index contributed by atoms with van der Waals surface area (Å²) in [6.45, 7) is 1.17. The number of carbonyl (C=O) groups excluding carboxylic acids is 2. The number of nitrogens with one attached hydrogen (secondary N) is 3. The molecule has 2 aromatic heterocycles. The molecular formula is C23H23ClFN5O3S. The Hall–Kier alpha value is -3.21. The van der Waals surface area contributed by atoms with E-state index in [1.807, 2.05) is 0 Å². The highest BCUT2D eigenvalue weighted by atomic mass is 35.5. The Labute approximate surface area is 204 Å². The first-order chi connectivity index (χ1) is 16.4. The summed E-state index contributed by atoms with van der Waals surface area (Å²) in [5, 5.41) is 8.67. The highest BCUT2D eigenvalue weighted by molar-refractivity contribution is 7.18. The van der Waals surface area contributed by atoms with Crippen molar-refractivity contribution in [3.05, 3.63) is 80.1 Å². The lowest BCUT2D eigenvalue weighted by molar-refractivity contribution is 0.0950. The number of likely N-dealkylation sites (N-methyl/N-ethyl adjacent to an activating group) is 1. The molecule has 3 heterocycles. The average Bonchev–Trinajstić information content (AvgIpc) is 3.45. The highest BCUT2D eigenvalue weighted by Gasteiger charge is 2.34. The zero-order valence-corrected chi connectivity index (χ0v) is 19.8. The van der Waals surface area contributed by atoms with Gasteiger partial charge in [-0.2, -0.15) is 0 Å². The minimum atomic E-state index is -0.649. The molecule has 1 saturated heterocycles. The van der Waals surface area contributed by atoms with Gasteiger partial charge in [-0.15, -0.1) is 11.3 Å². The second-order valence-corrected chi connectivity index (χ2v) is 9.59. The summed E-state index contributed by atoms with van der Waals surface area (Å²) in [4.78, 5) is 39.2. The van der Waals surface area contributed by atoms with E-state index in [0.717, 1.165) is 0 Å². The van der Waals surface area contributed by atoms with E-state index in [4.69, 9.17) is 11.6 Å². The molecule has 0 spiro atoms. The Kier molecular flexibility index (Phi) is 7.30. The van der Waals surface area contributed by atoms with Crippen molar-refractivity contribution in [2.75, 3.05) is 32.0 Å². The van der Waals surface area contributed by atoms with Crippen molar-refractivity contribution in [2.45, 2.75) is 6.04 Å². The van der Waals surface area contributed by atoms with Gasteiger partial charge in [0.25, 0.3) is 11.5 Å². The van der Waals surface area contributed by atoms with Gasteiger partial charge in [-0.3, -0.25) is 14.2 Å². The van der Waals surface area contributed by atoms with Crippen LogP contribution in [-0.2, 0) is 0 Å². The van der Waals surface area contributed by atoms with Crippen LogP contribution in [0.3, 0.4) is 0 Å². The Morgan fingerprint density at radius 3 is 2.68 bits per heavy atom. The second kappa shape index (κ2) is 10.4.